The molecule has 1 atom stereocenters. The quantitative estimate of drug-likeness (QED) is 0.718. The van der Waals surface area contributed by atoms with Gasteiger partial charge in [-0.1, -0.05) is 12.1 Å². The molecule has 1 heterocycles. The van der Waals surface area contributed by atoms with Crippen molar-refractivity contribution in [2.75, 3.05) is 24.3 Å². The van der Waals surface area contributed by atoms with Crippen molar-refractivity contribution in [2.24, 2.45) is 0 Å². The van der Waals surface area contributed by atoms with Crippen LogP contribution in [0.5, 0.6) is 0 Å². The Morgan fingerprint density at radius 1 is 1.32 bits per heavy atom. The van der Waals surface area contributed by atoms with Crippen LogP contribution in [0.15, 0.2) is 24.3 Å². The van der Waals surface area contributed by atoms with Gasteiger partial charge < -0.3 is 5.32 Å². The summed E-state index contributed by atoms with van der Waals surface area (Å²) in [5.41, 5.74) is 0.719. The normalized spacial score (nSPS) is 19.9. The first-order chi connectivity index (χ1) is 11.6. The van der Waals surface area contributed by atoms with Gasteiger partial charge in [-0.15, -0.1) is 0 Å². The fourth-order valence-corrected chi connectivity index (χ4v) is 5.69. The molecular formula is C15H21FN2O5S2. The molecule has 0 spiro atoms. The van der Waals surface area contributed by atoms with E-state index < -0.39 is 25.9 Å². The van der Waals surface area contributed by atoms with Crippen LogP contribution in [0.3, 0.4) is 0 Å². The molecule has 10 heteroatoms. The Bertz CT molecular complexity index is 822. The van der Waals surface area contributed by atoms with Gasteiger partial charge in [-0.05, 0) is 24.1 Å². The molecule has 1 aliphatic heterocycles. The van der Waals surface area contributed by atoms with E-state index in [9.17, 15) is 26.0 Å². The molecule has 0 saturated carbocycles. The molecular weight excluding hydrogens is 371 g/mol. The molecule has 7 nitrogen and oxygen atoms in total. The van der Waals surface area contributed by atoms with Gasteiger partial charge in [0.15, 0.2) is 9.84 Å². The second kappa shape index (κ2) is 7.79. The van der Waals surface area contributed by atoms with Crippen LogP contribution in [0, 0.1) is 5.82 Å². The molecule has 0 aromatic heterocycles. The number of nitrogens with zero attached hydrogens (tertiary/aromatic N) is 1. The lowest BCUT2D eigenvalue weighted by Crippen LogP contribution is -2.42. The Morgan fingerprint density at radius 2 is 1.96 bits per heavy atom. The van der Waals surface area contributed by atoms with E-state index in [2.05, 4.69) is 5.32 Å². The van der Waals surface area contributed by atoms with Crippen molar-refractivity contribution in [3.05, 3.63) is 35.6 Å². The fourth-order valence-electron chi connectivity index (χ4n) is 2.72. The monoisotopic (exact) mass is 392 g/mol. The smallest absolute Gasteiger partial charge is 0.221 e. The van der Waals surface area contributed by atoms with Crippen molar-refractivity contribution in [3.63, 3.8) is 0 Å². The number of sulfonamides is 1. The van der Waals surface area contributed by atoms with Gasteiger partial charge in [0.25, 0.3) is 0 Å². The second-order valence-electron chi connectivity index (χ2n) is 6.08. The van der Waals surface area contributed by atoms with Gasteiger partial charge in [0.05, 0.1) is 17.8 Å². The topological polar surface area (TPSA) is 101 Å². The van der Waals surface area contributed by atoms with E-state index >= 15 is 0 Å². The fraction of sp³-hybridized carbons (Fsp3) is 0.533. The van der Waals surface area contributed by atoms with E-state index in [-0.39, 0.29) is 49.2 Å². The maximum atomic E-state index is 12.8. The summed E-state index contributed by atoms with van der Waals surface area (Å²) in [4.78, 5) is 11.9. The van der Waals surface area contributed by atoms with E-state index in [1.807, 2.05) is 0 Å². The lowest BCUT2D eigenvalue weighted by atomic mass is 10.2. The number of hydrogen-bond donors (Lipinski definition) is 1. The number of halogens is 1. The van der Waals surface area contributed by atoms with E-state index in [4.69, 9.17) is 0 Å². The lowest BCUT2D eigenvalue weighted by molar-refractivity contribution is -0.121. The van der Waals surface area contributed by atoms with E-state index in [0.29, 0.717) is 0 Å². The third-order valence-electron chi connectivity index (χ3n) is 4.00. The van der Waals surface area contributed by atoms with Crippen LogP contribution in [-0.4, -0.2) is 57.4 Å². The third kappa shape index (κ3) is 6.05. The maximum Gasteiger partial charge on any atom is 0.221 e. The summed E-state index contributed by atoms with van der Waals surface area (Å²) in [6, 6.07) is 5.04. The van der Waals surface area contributed by atoms with Crippen LogP contribution >= 0.6 is 0 Å². The number of nitrogens with one attached hydrogen (secondary N) is 1. The largest absolute Gasteiger partial charge is 0.352 e. The van der Waals surface area contributed by atoms with Crippen LogP contribution < -0.4 is 5.32 Å². The predicted octanol–water partition coefficient (Wildman–Crippen LogP) is 0.281. The van der Waals surface area contributed by atoms with Gasteiger partial charge in [0.1, 0.15) is 5.82 Å². The van der Waals surface area contributed by atoms with Crippen LogP contribution in [0.2, 0.25) is 0 Å². The highest BCUT2D eigenvalue weighted by molar-refractivity contribution is 7.92. The van der Waals surface area contributed by atoms with Crippen molar-refractivity contribution in [2.45, 2.75) is 25.4 Å². The van der Waals surface area contributed by atoms with Crippen molar-refractivity contribution in [1.82, 2.24) is 9.62 Å². The summed E-state index contributed by atoms with van der Waals surface area (Å²) in [5.74, 6) is -0.984. The van der Waals surface area contributed by atoms with Gasteiger partial charge in [0.2, 0.25) is 15.9 Å². The standard InChI is InChI=1S/C15H21FN2O5S2/c1-24(20,21)18(14-7-9-25(22,23)11-14)8-6-15(19)17-10-12-2-4-13(16)5-3-12/h2-5,14H,6-11H2,1H3,(H,17,19). The molecule has 25 heavy (non-hydrogen) atoms. The molecule has 0 bridgehead atoms. The minimum atomic E-state index is -3.62. The minimum absolute atomic E-state index is 0.0412. The molecule has 1 unspecified atom stereocenters. The average Bonchev–Trinajstić information content (AvgIpc) is 2.85. The number of hydrogen-bond acceptors (Lipinski definition) is 5. The maximum absolute atomic E-state index is 12.8. The predicted molar refractivity (Wildman–Crippen MR) is 91.5 cm³/mol. The lowest BCUT2D eigenvalue weighted by Gasteiger charge is -2.25. The number of carbonyl (C=O) groups excluding carboxylic acids is 1. The van der Waals surface area contributed by atoms with Crippen molar-refractivity contribution in [3.8, 4) is 0 Å². The van der Waals surface area contributed by atoms with Gasteiger partial charge in [-0.3, -0.25) is 4.79 Å². The van der Waals surface area contributed by atoms with Crippen LogP contribution in [0.25, 0.3) is 0 Å². The van der Waals surface area contributed by atoms with Gasteiger partial charge in [-0.2, -0.15) is 4.31 Å². The molecule has 1 aromatic rings. The number of carbonyl (C=O) groups is 1. The molecule has 2 rings (SSSR count). The summed E-state index contributed by atoms with van der Waals surface area (Å²) in [6.45, 7) is 0.129. The Hall–Kier alpha value is -1.52. The molecule has 1 amide bonds. The number of amides is 1. The van der Waals surface area contributed by atoms with E-state index in [0.717, 1.165) is 16.1 Å². The molecule has 1 N–H and O–H groups in total. The third-order valence-corrected chi connectivity index (χ3v) is 7.09. The zero-order valence-electron chi connectivity index (χ0n) is 13.8. The summed E-state index contributed by atoms with van der Waals surface area (Å²) in [6.07, 6.45) is 1.17. The van der Waals surface area contributed by atoms with Gasteiger partial charge in [-0.25, -0.2) is 21.2 Å². The Labute approximate surface area is 147 Å². The Balaban J connectivity index is 1.89. The zero-order valence-corrected chi connectivity index (χ0v) is 15.4. The average molecular weight is 392 g/mol. The van der Waals surface area contributed by atoms with E-state index in [1.165, 1.54) is 12.1 Å². The molecule has 1 aliphatic rings. The summed E-state index contributed by atoms with van der Waals surface area (Å²) in [5, 5.41) is 2.63. The van der Waals surface area contributed by atoms with Crippen molar-refractivity contribution < 1.29 is 26.0 Å². The molecule has 0 aliphatic carbocycles. The Kier molecular flexibility index (Phi) is 6.17. The summed E-state index contributed by atoms with van der Waals surface area (Å²) < 4.78 is 60.9. The summed E-state index contributed by atoms with van der Waals surface area (Å²) >= 11 is 0. The highest BCUT2D eigenvalue weighted by Gasteiger charge is 2.36. The van der Waals surface area contributed by atoms with Crippen LogP contribution in [0.1, 0.15) is 18.4 Å². The van der Waals surface area contributed by atoms with Crippen LogP contribution in [-0.2, 0) is 31.2 Å². The first-order valence-electron chi connectivity index (χ1n) is 7.75. The molecule has 1 saturated heterocycles. The van der Waals surface area contributed by atoms with Crippen LogP contribution in [0.4, 0.5) is 4.39 Å². The molecule has 0 radical (unpaired) electrons. The number of rotatable bonds is 7. The van der Waals surface area contributed by atoms with E-state index in [1.54, 1.807) is 12.1 Å². The molecule has 1 fully saturated rings. The summed E-state index contributed by atoms with van der Waals surface area (Å²) in [7, 11) is -6.85. The first-order valence-corrected chi connectivity index (χ1v) is 11.4. The van der Waals surface area contributed by atoms with Crippen molar-refractivity contribution >= 4 is 25.8 Å². The highest BCUT2D eigenvalue weighted by atomic mass is 32.2. The minimum Gasteiger partial charge on any atom is -0.352 e. The molecule has 140 valence electrons. The SMILES string of the molecule is CS(=O)(=O)N(CCC(=O)NCc1ccc(F)cc1)C1CCS(=O)(=O)C1. The second-order valence-corrected chi connectivity index (χ2v) is 10.2. The number of benzene rings is 1. The molecule has 1 aromatic carbocycles. The zero-order chi connectivity index (χ0) is 18.7. The van der Waals surface area contributed by atoms with Crippen molar-refractivity contribution in [1.29, 1.82) is 0 Å². The highest BCUT2D eigenvalue weighted by Crippen LogP contribution is 2.20. The number of sulfone groups is 1. The first kappa shape index (κ1) is 19.8. The Morgan fingerprint density at radius 3 is 2.48 bits per heavy atom. The van der Waals surface area contributed by atoms with Gasteiger partial charge >= 0.3 is 0 Å². The van der Waals surface area contributed by atoms with Gasteiger partial charge in [0, 0.05) is 25.6 Å².